The summed E-state index contributed by atoms with van der Waals surface area (Å²) >= 11 is 0. The molecule has 2 fully saturated rings. The number of likely N-dealkylation sites (tertiary alicyclic amines) is 2. The van der Waals surface area contributed by atoms with Crippen LogP contribution in [0.2, 0.25) is 0 Å². The van der Waals surface area contributed by atoms with E-state index in [-0.39, 0.29) is 11.8 Å². The molecule has 0 spiro atoms. The maximum atomic E-state index is 10.8. The van der Waals surface area contributed by atoms with Crippen LogP contribution >= 0.6 is 0 Å². The van der Waals surface area contributed by atoms with E-state index in [2.05, 4.69) is 6.58 Å². The van der Waals surface area contributed by atoms with E-state index in [4.69, 9.17) is 0 Å². The molecule has 0 atom stereocenters. The fraction of sp³-hybridized carbons (Fsp3) is 0.538. The van der Waals surface area contributed by atoms with Crippen molar-refractivity contribution in [2.24, 2.45) is 0 Å². The average molecular weight is 236 g/mol. The Hall–Kier alpha value is -1.58. The number of hydrogen-bond donors (Lipinski definition) is 0. The molecule has 0 aromatic rings. The maximum absolute atomic E-state index is 10.8. The monoisotopic (exact) mass is 236 g/mol. The van der Waals surface area contributed by atoms with Gasteiger partial charge in [0.2, 0.25) is 11.8 Å². The van der Waals surface area contributed by atoms with Gasteiger partial charge < -0.3 is 9.80 Å². The molecule has 94 valence electrons. The predicted octanol–water partition coefficient (Wildman–Crippen LogP) is 1.89. The summed E-state index contributed by atoms with van der Waals surface area (Å²) in [5, 5.41) is 0. The zero-order valence-electron chi connectivity index (χ0n) is 10.4. The molecule has 2 rings (SSSR count). The van der Waals surface area contributed by atoms with Gasteiger partial charge in [0.15, 0.2) is 0 Å². The second-order valence-corrected chi connectivity index (χ2v) is 4.05. The smallest absolute Gasteiger partial charge is 0.226 e. The summed E-state index contributed by atoms with van der Waals surface area (Å²) in [7, 11) is 0. The highest BCUT2D eigenvalue weighted by Crippen LogP contribution is 2.09. The Morgan fingerprint density at radius 1 is 1.06 bits per heavy atom. The standard InChI is InChI=1S/C7H11NO.C6H9NO/c1-2-5-8-6-3-4-7(8)9;1-2-7-5-3-4-6(7)8/h2,5H,3-4,6H2,1H3;2H,1,3-5H2/b5-2+;. The molecule has 4 nitrogen and oxygen atoms in total. The SMILES string of the molecule is C/C=C/N1CCCC1=O.C=CN1CCCC1=O. The molecule has 2 saturated heterocycles. The van der Waals surface area contributed by atoms with Crippen molar-refractivity contribution in [3.05, 3.63) is 25.1 Å². The van der Waals surface area contributed by atoms with Crippen LogP contribution in [0.3, 0.4) is 0 Å². The highest BCUT2D eigenvalue weighted by molar-refractivity contribution is 5.79. The van der Waals surface area contributed by atoms with Crippen LogP contribution in [0, 0.1) is 0 Å². The van der Waals surface area contributed by atoms with Gasteiger partial charge in [-0.05, 0) is 26.0 Å². The van der Waals surface area contributed by atoms with Crippen LogP contribution in [-0.4, -0.2) is 34.7 Å². The molecule has 2 aliphatic rings. The minimum atomic E-state index is 0.208. The molecule has 2 aliphatic heterocycles. The zero-order chi connectivity index (χ0) is 12.7. The first-order valence-electron chi connectivity index (χ1n) is 6.03. The van der Waals surface area contributed by atoms with Gasteiger partial charge in [0.1, 0.15) is 0 Å². The van der Waals surface area contributed by atoms with Crippen molar-refractivity contribution in [2.75, 3.05) is 13.1 Å². The van der Waals surface area contributed by atoms with E-state index in [1.807, 2.05) is 19.2 Å². The maximum Gasteiger partial charge on any atom is 0.226 e. The molecule has 0 bridgehead atoms. The average Bonchev–Trinajstić information content (AvgIpc) is 2.90. The molecule has 2 amide bonds. The summed E-state index contributed by atoms with van der Waals surface area (Å²) in [6.07, 6.45) is 8.76. The lowest BCUT2D eigenvalue weighted by Crippen LogP contribution is -2.16. The minimum Gasteiger partial charge on any atom is -0.320 e. The normalized spacial score (nSPS) is 19.8. The van der Waals surface area contributed by atoms with Crippen molar-refractivity contribution in [2.45, 2.75) is 32.6 Å². The highest BCUT2D eigenvalue weighted by Gasteiger charge is 2.16. The lowest BCUT2D eigenvalue weighted by Gasteiger charge is -2.06. The first-order chi connectivity index (χ1) is 8.19. The van der Waals surface area contributed by atoms with E-state index in [0.29, 0.717) is 6.42 Å². The van der Waals surface area contributed by atoms with Gasteiger partial charge in [-0.2, -0.15) is 0 Å². The second kappa shape index (κ2) is 6.89. The lowest BCUT2D eigenvalue weighted by molar-refractivity contribution is -0.126. The quantitative estimate of drug-likeness (QED) is 0.734. The Kier molecular flexibility index (Phi) is 5.46. The van der Waals surface area contributed by atoms with E-state index in [0.717, 1.165) is 32.4 Å². The second-order valence-electron chi connectivity index (χ2n) is 4.05. The summed E-state index contributed by atoms with van der Waals surface area (Å²) in [4.78, 5) is 24.9. The Bertz CT molecular complexity index is 323. The third kappa shape index (κ3) is 4.06. The number of carbonyl (C=O) groups is 2. The van der Waals surface area contributed by atoms with E-state index in [1.165, 1.54) is 0 Å². The molecule has 0 unspecified atom stereocenters. The summed E-state index contributed by atoms with van der Waals surface area (Å²) in [6, 6.07) is 0. The molecular weight excluding hydrogens is 216 g/mol. The van der Waals surface area contributed by atoms with Crippen molar-refractivity contribution >= 4 is 11.8 Å². The Morgan fingerprint density at radius 3 is 1.88 bits per heavy atom. The Balaban J connectivity index is 0.000000171. The van der Waals surface area contributed by atoms with E-state index < -0.39 is 0 Å². The van der Waals surface area contributed by atoms with Crippen LogP contribution in [0.15, 0.2) is 25.1 Å². The van der Waals surface area contributed by atoms with Gasteiger partial charge in [-0.3, -0.25) is 9.59 Å². The molecule has 0 aliphatic carbocycles. The van der Waals surface area contributed by atoms with Crippen molar-refractivity contribution in [1.29, 1.82) is 0 Å². The molecule has 4 heteroatoms. The molecule has 17 heavy (non-hydrogen) atoms. The summed E-state index contributed by atoms with van der Waals surface area (Å²) in [5.41, 5.74) is 0. The molecule has 2 heterocycles. The van der Waals surface area contributed by atoms with Gasteiger partial charge in [0.05, 0.1) is 0 Å². The van der Waals surface area contributed by atoms with Gasteiger partial charge in [-0.15, -0.1) is 0 Å². The highest BCUT2D eigenvalue weighted by atomic mass is 16.2. The predicted molar refractivity (Wildman–Crippen MR) is 66.9 cm³/mol. The van der Waals surface area contributed by atoms with Crippen molar-refractivity contribution < 1.29 is 9.59 Å². The van der Waals surface area contributed by atoms with Crippen LogP contribution in [0.5, 0.6) is 0 Å². The lowest BCUT2D eigenvalue weighted by atomic mass is 10.4. The van der Waals surface area contributed by atoms with E-state index >= 15 is 0 Å². The summed E-state index contributed by atoms with van der Waals surface area (Å²) in [6.45, 7) is 7.19. The van der Waals surface area contributed by atoms with Gasteiger partial charge >= 0.3 is 0 Å². The molecular formula is C13H20N2O2. The molecule has 0 aromatic heterocycles. The summed E-state index contributed by atoms with van der Waals surface area (Å²) in [5.74, 6) is 0.466. The van der Waals surface area contributed by atoms with Crippen molar-refractivity contribution in [3.63, 3.8) is 0 Å². The van der Waals surface area contributed by atoms with Gasteiger partial charge in [0.25, 0.3) is 0 Å². The number of allylic oxidation sites excluding steroid dienone is 1. The summed E-state index contributed by atoms with van der Waals surface area (Å²) < 4.78 is 0. The topological polar surface area (TPSA) is 40.6 Å². The minimum absolute atomic E-state index is 0.208. The fourth-order valence-corrected chi connectivity index (χ4v) is 1.87. The Morgan fingerprint density at radius 2 is 1.59 bits per heavy atom. The number of nitrogens with zero attached hydrogens (tertiary/aromatic N) is 2. The molecule has 0 N–H and O–H groups in total. The molecule has 0 saturated carbocycles. The number of amides is 2. The van der Waals surface area contributed by atoms with Crippen molar-refractivity contribution in [1.82, 2.24) is 9.80 Å². The molecule has 0 radical (unpaired) electrons. The van der Waals surface area contributed by atoms with Crippen LogP contribution in [-0.2, 0) is 9.59 Å². The number of rotatable bonds is 2. The van der Waals surface area contributed by atoms with Crippen LogP contribution in [0.25, 0.3) is 0 Å². The van der Waals surface area contributed by atoms with Crippen LogP contribution in [0.1, 0.15) is 32.6 Å². The van der Waals surface area contributed by atoms with Crippen molar-refractivity contribution in [3.8, 4) is 0 Å². The van der Waals surface area contributed by atoms with Gasteiger partial charge in [-0.1, -0.05) is 12.7 Å². The zero-order valence-corrected chi connectivity index (χ0v) is 10.4. The first kappa shape index (κ1) is 13.5. The number of carbonyl (C=O) groups excluding carboxylic acids is 2. The van der Waals surface area contributed by atoms with Gasteiger partial charge in [0, 0.05) is 32.1 Å². The number of hydrogen-bond acceptors (Lipinski definition) is 2. The first-order valence-corrected chi connectivity index (χ1v) is 6.03. The largest absolute Gasteiger partial charge is 0.320 e. The fourth-order valence-electron chi connectivity index (χ4n) is 1.87. The third-order valence-corrected chi connectivity index (χ3v) is 2.77. The van der Waals surface area contributed by atoms with E-state index in [9.17, 15) is 9.59 Å². The third-order valence-electron chi connectivity index (χ3n) is 2.77. The Labute approximate surface area is 103 Å². The van der Waals surface area contributed by atoms with E-state index in [1.54, 1.807) is 16.0 Å². The molecule has 0 aromatic carbocycles. The van der Waals surface area contributed by atoms with Gasteiger partial charge in [-0.25, -0.2) is 0 Å². The van der Waals surface area contributed by atoms with Crippen LogP contribution < -0.4 is 0 Å². The van der Waals surface area contributed by atoms with Crippen LogP contribution in [0.4, 0.5) is 0 Å².